The summed E-state index contributed by atoms with van der Waals surface area (Å²) in [7, 11) is 0. The maximum Gasteiger partial charge on any atom is 0.122 e. The molecule has 4 N–H and O–H groups in total. The zero-order valence-corrected chi connectivity index (χ0v) is 10.4. The van der Waals surface area contributed by atoms with Gasteiger partial charge in [-0.2, -0.15) is 0 Å². The van der Waals surface area contributed by atoms with E-state index in [0.717, 1.165) is 30.4 Å². The third-order valence-corrected chi connectivity index (χ3v) is 3.43. The molecule has 0 saturated heterocycles. The third-order valence-electron chi connectivity index (χ3n) is 3.43. The summed E-state index contributed by atoms with van der Waals surface area (Å²) in [6.45, 7) is 3.72. The molecule has 2 rings (SSSR count). The minimum atomic E-state index is 0.0596. The van der Waals surface area contributed by atoms with Crippen LogP contribution in [0.5, 0.6) is 0 Å². The standard InChI is InChI=1S/C13H22N2O2/c1-9-7-10(9)12-3-4-13(17-12)11(8-14)15-5-2-6-16/h3-4,9-11,15-16H,2,5-8,14H2,1H3. The summed E-state index contributed by atoms with van der Waals surface area (Å²) in [6.07, 6.45) is 1.97. The first-order valence-electron chi connectivity index (χ1n) is 6.40. The highest BCUT2D eigenvalue weighted by Crippen LogP contribution is 2.47. The molecule has 4 nitrogen and oxygen atoms in total. The summed E-state index contributed by atoms with van der Waals surface area (Å²) in [5.41, 5.74) is 5.73. The van der Waals surface area contributed by atoms with Gasteiger partial charge >= 0.3 is 0 Å². The molecule has 17 heavy (non-hydrogen) atoms. The molecular weight excluding hydrogens is 216 g/mol. The van der Waals surface area contributed by atoms with Crippen molar-refractivity contribution in [3.05, 3.63) is 23.7 Å². The van der Waals surface area contributed by atoms with E-state index in [4.69, 9.17) is 15.3 Å². The summed E-state index contributed by atoms with van der Waals surface area (Å²) in [4.78, 5) is 0. The lowest BCUT2D eigenvalue weighted by atomic mass is 10.2. The Morgan fingerprint density at radius 1 is 1.59 bits per heavy atom. The van der Waals surface area contributed by atoms with Crippen LogP contribution in [0.15, 0.2) is 16.5 Å². The molecule has 1 fully saturated rings. The Labute approximate surface area is 102 Å². The lowest BCUT2D eigenvalue weighted by molar-refractivity contribution is 0.280. The van der Waals surface area contributed by atoms with Crippen LogP contribution in [0.2, 0.25) is 0 Å². The number of hydrogen-bond acceptors (Lipinski definition) is 4. The fraction of sp³-hybridized carbons (Fsp3) is 0.692. The molecule has 1 heterocycles. The van der Waals surface area contributed by atoms with E-state index in [0.29, 0.717) is 12.5 Å². The van der Waals surface area contributed by atoms with Crippen LogP contribution in [0.1, 0.15) is 43.2 Å². The summed E-state index contributed by atoms with van der Waals surface area (Å²) < 4.78 is 5.86. The van der Waals surface area contributed by atoms with Gasteiger partial charge in [-0.1, -0.05) is 6.92 Å². The van der Waals surface area contributed by atoms with Crippen molar-refractivity contribution >= 4 is 0 Å². The molecule has 3 atom stereocenters. The highest BCUT2D eigenvalue weighted by atomic mass is 16.3. The largest absolute Gasteiger partial charge is 0.464 e. The molecule has 0 spiro atoms. The van der Waals surface area contributed by atoms with Crippen molar-refractivity contribution in [1.82, 2.24) is 5.32 Å². The van der Waals surface area contributed by atoms with E-state index in [1.54, 1.807) is 0 Å². The lowest BCUT2D eigenvalue weighted by Crippen LogP contribution is -2.29. The second-order valence-electron chi connectivity index (χ2n) is 4.88. The summed E-state index contributed by atoms with van der Waals surface area (Å²) >= 11 is 0. The highest BCUT2D eigenvalue weighted by Gasteiger charge is 2.36. The first kappa shape index (κ1) is 12.6. The van der Waals surface area contributed by atoms with Crippen LogP contribution in [-0.2, 0) is 0 Å². The van der Waals surface area contributed by atoms with Gasteiger partial charge in [0.05, 0.1) is 6.04 Å². The van der Waals surface area contributed by atoms with E-state index in [-0.39, 0.29) is 12.6 Å². The van der Waals surface area contributed by atoms with Crippen LogP contribution in [0, 0.1) is 5.92 Å². The first-order valence-corrected chi connectivity index (χ1v) is 6.40. The van der Waals surface area contributed by atoms with Crippen molar-refractivity contribution in [2.75, 3.05) is 19.7 Å². The van der Waals surface area contributed by atoms with Crippen molar-refractivity contribution in [2.24, 2.45) is 11.7 Å². The average Bonchev–Trinajstić information content (AvgIpc) is 2.88. The second-order valence-corrected chi connectivity index (χ2v) is 4.88. The Morgan fingerprint density at radius 2 is 2.35 bits per heavy atom. The molecule has 0 aromatic carbocycles. The molecule has 1 aromatic rings. The van der Waals surface area contributed by atoms with Crippen LogP contribution in [0.3, 0.4) is 0 Å². The molecule has 0 aliphatic heterocycles. The van der Waals surface area contributed by atoms with Crippen LogP contribution in [-0.4, -0.2) is 24.8 Å². The van der Waals surface area contributed by atoms with Crippen molar-refractivity contribution in [2.45, 2.75) is 31.7 Å². The number of furan rings is 1. The topological polar surface area (TPSA) is 71.4 Å². The normalized spacial score (nSPS) is 24.9. The molecule has 0 bridgehead atoms. The lowest BCUT2D eigenvalue weighted by Gasteiger charge is -2.13. The van der Waals surface area contributed by atoms with Gasteiger partial charge in [-0.05, 0) is 37.4 Å². The molecule has 3 unspecified atom stereocenters. The molecule has 1 aliphatic carbocycles. The molecule has 1 saturated carbocycles. The minimum Gasteiger partial charge on any atom is -0.464 e. The van der Waals surface area contributed by atoms with E-state index in [1.807, 2.05) is 6.07 Å². The fourth-order valence-electron chi connectivity index (χ4n) is 2.13. The van der Waals surface area contributed by atoms with Gasteiger partial charge in [0.15, 0.2) is 0 Å². The van der Waals surface area contributed by atoms with E-state index >= 15 is 0 Å². The SMILES string of the molecule is CC1CC1c1ccc(C(CN)NCCCO)o1. The third kappa shape index (κ3) is 3.09. The van der Waals surface area contributed by atoms with E-state index in [1.165, 1.54) is 6.42 Å². The summed E-state index contributed by atoms with van der Waals surface area (Å²) in [5.74, 6) is 3.38. The van der Waals surface area contributed by atoms with Gasteiger partial charge in [-0.3, -0.25) is 0 Å². The van der Waals surface area contributed by atoms with Crippen LogP contribution >= 0.6 is 0 Å². The van der Waals surface area contributed by atoms with Crippen molar-refractivity contribution in [1.29, 1.82) is 0 Å². The number of nitrogens with one attached hydrogen (secondary N) is 1. The molecule has 0 amide bonds. The average molecular weight is 238 g/mol. The first-order chi connectivity index (χ1) is 8.26. The number of aliphatic hydroxyl groups excluding tert-OH is 1. The van der Waals surface area contributed by atoms with Gasteiger partial charge in [0.2, 0.25) is 0 Å². The fourth-order valence-corrected chi connectivity index (χ4v) is 2.13. The Hall–Kier alpha value is -0.840. The predicted octanol–water partition coefficient (Wildman–Crippen LogP) is 1.37. The quantitative estimate of drug-likeness (QED) is 0.627. The zero-order chi connectivity index (χ0) is 12.3. The van der Waals surface area contributed by atoms with Crippen molar-refractivity contribution in [3.8, 4) is 0 Å². The maximum atomic E-state index is 8.74. The van der Waals surface area contributed by atoms with Gasteiger partial charge in [0.1, 0.15) is 11.5 Å². The van der Waals surface area contributed by atoms with Gasteiger partial charge < -0.3 is 20.6 Å². The van der Waals surface area contributed by atoms with E-state index in [2.05, 4.69) is 18.3 Å². The minimum absolute atomic E-state index is 0.0596. The zero-order valence-electron chi connectivity index (χ0n) is 10.4. The number of rotatable bonds is 7. The molecule has 4 heteroatoms. The molecule has 0 radical (unpaired) electrons. The Balaban J connectivity index is 1.91. The van der Waals surface area contributed by atoms with Crippen LogP contribution in [0.4, 0.5) is 0 Å². The maximum absolute atomic E-state index is 8.74. The van der Waals surface area contributed by atoms with E-state index in [9.17, 15) is 0 Å². The monoisotopic (exact) mass is 238 g/mol. The summed E-state index contributed by atoms with van der Waals surface area (Å²) in [5, 5.41) is 12.0. The Kier molecular flexibility index (Phi) is 4.20. The molecule has 1 aromatic heterocycles. The van der Waals surface area contributed by atoms with Crippen LogP contribution in [0.25, 0.3) is 0 Å². The molecule has 1 aliphatic rings. The number of nitrogens with two attached hydrogens (primary N) is 1. The van der Waals surface area contributed by atoms with Gasteiger partial charge in [0, 0.05) is 19.1 Å². The van der Waals surface area contributed by atoms with E-state index < -0.39 is 0 Å². The number of hydrogen-bond donors (Lipinski definition) is 3. The summed E-state index contributed by atoms with van der Waals surface area (Å²) in [6, 6.07) is 4.15. The second kappa shape index (κ2) is 5.67. The van der Waals surface area contributed by atoms with Crippen molar-refractivity contribution in [3.63, 3.8) is 0 Å². The molecule has 96 valence electrons. The molecular formula is C13H22N2O2. The Bertz CT molecular complexity index is 351. The highest BCUT2D eigenvalue weighted by molar-refractivity contribution is 5.19. The predicted molar refractivity (Wildman–Crippen MR) is 66.7 cm³/mol. The Morgan fingerprint density at radius 3 is 2.94 bits per heavy atom. The van der Waals surface area contributed by atoms with Gasteiger partial charge in [-0.25, -0.2) is 0 Å². The van der Waals surface area contributed by atoms with Crippen LogP contribution < -0.4 is 11.1 Å². The number of aliphatic hydroxyl groups is 1. The van der Waals surface area contributed by atoms with Gasteiger partial charge in [0.25, 0.3) is 0 Å². The van der Waals surface area contributed by atoms with Gasteiger partial charge in [-0.15, -0.1) is 0 Å². The smallest absolute Gasteiger partial charge is 0.122 e. The van der Waals surface area contributed by atoms with Crippen molar-refractivity contribution < 1.29 is 9.52 Å².